The number of fused-ring (bicyclic) bond motifs is 2. The second-order valence-electron chi connectivity index (χ2n) is 10.2. The molecule has 33 heavy (non-hydrogen) atoms. The van der Waals surface area contributed by atoms with Crippen molar-refractivity contribution >= 4 is 17.6 Å². The van der Waals surface area contributed by atoms with Gasteiger partial charge in [-0.15, -0.1) is 0 Å². The molecule has 9 nitrogen and oxygen atoms in total. The molecule has 9 heteroatoms. The Kier molecular flexibility index (Phi) is 6.46. The number of nitrogens with zero attached hydrogens (tertiary/aromatic N) is 3. The van der Waals surface area contributed by atoms with Crippen molar-refractivity contribution in [2.75, 3.05) is 39.3 Å². The highest BCUT2D eigenvalue weighted by Gasteiger charge is 2.56. The molecule has 5 rings (SSSR count). The summed E-state index contributed by atoms with van der Waals surface area (Å²) in [6.07, 6.45) is 7.93. The van der Waals surface area contributed by atoms with Crippen molar-refractivity contribution in [3.63, 3.8) is 0 Å². The molecule has 2 aliphatic carbocycles. The Labute approximate surface area is 195 Å². The van der Waals surface area contributed by atoms with Crippen molar-refractivity contribution in [3.05, 3.63) is 11.8 Å². The van der Waals surface area contributed by atoms with E-state index in [0.29, 0.717) is 13.1 Å². The maximum absolute atomic E-state index is 13.5. The van der Waals surface area contributed by atoms with Crippen LogP contribution in [0.2, 0.25) is 0 Å². The first kappa shape index (κ1) is 22.8. The highest BCUT2D eigenvalue weighted by atomic mass is 16.5. The van der Waals surface area contributed by atoms with E-state index in [9.17, 15) is 14.4 Å². The normalized spacial score (nSPS) is 36.5. The predicted octanol–water partition coefficient (Wildman–Crippen LogP) is -0.149. The van der Waals surface area contributed by atoms with Crippen LogP contribution in [0.1, 0.15) is 45.4 Å². The van der Waals surface area contributed by atoms with Crippen LogP contribution < -0.4 is 11.1 Å². The van der Waals surface area contributed by atoms with Crippen molar-refractivity contribution in [1.82, 2.24) is 20.0 Å². The van der Waals surface area contributed by atoms with E-state index in [4.69, 9.17) is 10.5 Å². The van der Waals surface area contributed by atoms with Crippen LogP contribution >= 0.6 is 0 Å². The molecule has 182 valence electrons. The zero-order valence-electron chi connectivity index (χ0n) is 19.6. The van der Waals surface area contributed by atoms with Gasteiger partial charge in [0.15, 0.2) is 5.78 Å². The quantitative estimate of drug-likeness (QED) is 0.563. The van der Waals surface area contributed by atoms with Gasteiger partial charge in [0.1, 0.15) is 0 Å². The summed E-state index contributed by atoms with van der Waals surface area (Å²) < 4.78 is 6.82. The summed E-state index contributed by atoms with van der Waals surface area (Å²) in [7, 11) is 0. The fraction of sp³-hybridized carbons (Fsp3) is 0.792. The zero-order valence-corrected chi connectivity index (χ0v) is 19.6. The minimum atomic E-state index is -0.304. The highest BCUT2D eigenvalue weighted by molar-refractivity contribution is 6.20. The molecule has 3 heterocycles. The van der Waals surface area contributed by atoms with E-state index >= 15 is 0 Å². The smallest absolute Gasteiger partial charge is 0.256 e. The summed E-state index contributed by atoms with van der Waals surface area (Å²) in [6.45, 7) is 5.51. The number of carbonyl (C=O) groups is 3. The molecule has 2 saturated carbocycles. The number of nitrogens with two attached hydrogens (primary N) is 1. The number of piperazine rings is 1. The second kappa shape index (κ2) is 9.35. The third kappa shape index (κ3) is 4.08. The van der Waals surface area contributed by atoms with Gasteiger partial charge >= 0.3 is 0 Å². The van der Waals surface area contributed by atoms with Crippen LogP contribution in [0.3, 0.4) is 0 Å². The Morgan fingerprint density at radius 3 is 2.58 bits per heavy atom. The fourth-order valence-electron chi connectivity index (χ4n) is 6.78. The number of rotatable bonds is 4. The van der Waals surface area contributed by atoms with E-state index in [2.05, 4.69) is 15.1 Å². The number of ether oxygens (including phenoxy) is 1. The molecule has 2 saturated heterocycles. The van der Waals surface area contributed by atoms with Crippen molar-refractivity contribution in [1.29, 1.82) is 0 Å². The first-order chi connectivity index (χ1) is 16.0. The molecule has 3 aliphatic heterocycles. The molecule has 0 spiro atoms. The molecule has 0 radical (unpaired) electrons. The van der Waals surface area contributed by atoms with Gasteiger partial charge in [-0.05, 0) is 25.7 Å². The zero-order chi connectivity index (χ0) is 23.1. The first-order valence-corrected chi connectivity index (χ1v) is 12.7. The summed E-state index contributed by atoms with van der Waals surface area (Å²) in [5.41, 5.74) is 5.83. The Bertz CT molecular complexity index is 824. The van der Waals surface area contributed by atoms with Crippen molar-refractivity contribution in [2.45, 2.75) is 75.8 Å². The average Bonchev–Trinajstić information content (AvgIpc) is 2.84. The van der Waals surface area contributed by atoms with Gasteiger partial charge < -0.3 is 25.6 Å². The Balaban J connectivity index is 1.42. The standard InChI is InChI=1S/C24H37N5O4/c1-15(30)27-10-12-28(13-11-27)19-7-6-16-21-23(19)33-20-5-3-2-4-18(20)29(21)14-17(22(16)31)24(32)26-9-8-25/h14,16,18-21,23H,2-13,25H2,1H3,(H,26,32). The minimum Gasteiger partial charge on any atom is -0.369 e. The van der Waals surface area contributed by atoms with Gasteiger partial charge in [-0.2, -0.15) is 0 Å². The average molecular weight is 460 g/mol. The Morgan fingerprint density at radius 2 is 1.85 bits per heavy atom. The van der Waals surface area contributed by atoms with Gasteiger partial charge in [-0.25, -0.2) is 0 Å². The van der Waals surface area contributed by atoms with Gasteiger partial charge in [0, 0.05) is 64.4 Å². The summed E-state index contributed by atoms with van der Waals surface area (Å²) in [6, 6.07) is 0.438. The maximum atomic E-state index is 13.5. The summed E-state index contributed by atoms with van der Waals surface area (Å²) in [5, 5.41) is 2.80. The summed E-state index contributed by atoms with van der Waals surface area (Å²) in [5.74, 6) is -0.432. The second-order valence-corrected chi connectivity index (χ2v) is 10.2. The molecular formula is C24H37N5O4. The van der Waals surface area contributed by atoms with Gasteiger partial charge in [-0.1, -0.05) is 12.8 Å². The third-order valence-electron chi connectivity index (χ3n) is 8.41. The van der Waals surface area contributed by atoms with Crippen LogP contribution in [0.25, 0.3) is 0 Å². The number of morpholine rings is 1. The predicted molar refractivity (Wildman–Crippen MR) is 122 cm³/mol. The van der Waals surface area contributed by atoms with Gasteiger partial charge in [-0.3, -0.25) is 19.3 Å². The third-order valence-corrected chi connectivity index (χ3v) is 8.41. The van der Waals surface area contributed by atoms with Crippen LogP contribution in [-0.4, -0.2) is 102 Å². The van der Waals surface area contributed by atoms with Crippen LogP contribution in [0.5, 0.6) is 0 Å². The van der Waals surface area contributed by atoms with E-state index in [0.717, 1.165) is 64.7 Å². The number of Topliss-reactive ketones (excluding diaryl/α,β-unsaturated/α-hetero) is 1. The lowest BCUT2D eigenvalue weighted by Gasteiger charge is -2.60. The maximum Gasteiger partial charge on any atom is 0.256 e. The molecule has 4 fully saturated rings. The topological polar surface area (TPSA) is 108 Å². The van der Waals surface area contributed by atoms with Crippen LogP contribution in [-0.2, 0) is 19.1 Å². The highest BCUT2D eigenvalue weighted by Crippen LogP contribution is 2.46. The van der Waals surface area contributed by atoms with Crippen LogP contribution in [0.15, 0.2) is 11.8 Å². The first-order valence-electron chi connectivity index (χ1n) is 12.7. The fourth-order valence-corrected chi connectivity index (χ4v) is 6.78. The van der Waals surface area contributed by atoms with Gasteiger partial charge in [0.25, 0.3) is 5.91 Å². The van der Waals surface area contributed by atoms with E-state index < -0.39 is 0 Å². The Morgan fingerprint density at radius 1 is 1.09 bits per heavy atom. The van der Waals surface area contributed by atoms with E-state index in [1.807, 2.05) is 11.1 Å². The number of hydrogen-bond acceptors (Lipinski definition) is 7. The molecule has 6 atom stereocenters. The number of nitrogens with one attached hydrogen (secondary N) is 1. The van der Waals surface area contributed by atoms with Crippen molar-refractivity contribution in [2.24, 2.45) is 11.7 Å². The van der Waals surface area contributed by atoms with Crippen molar-refractivity contribution in [3.8, 4) is 0 Å². The number of carbonyl (C=O) groups excluding carboxylic acids is 3. The Hall–Kier alpha value is -1.97. The van der Waals surface area contributed by atoms with Crippen molar-refractivity contribution < 1.29 is 19.1 Å². The minimum absolute atomic E-state index is 0.0208. The monoisotopic (exact) mass is 459 g/mol. The molecule has 5 aliphatic rings. The van der Waals surface area contributed by atoms with E-state index in [-0.39, 0.29) is 59.4 Å². The SMILES string of the molecule is CC(=O)N1CCN(C2CCC3C(=O)C(C(=O)NCCN)=CN4C5CCCCC5OC2C34)CC1. The molecule has 0 aromatic heterocycles. The summed E-state index contributed by atoms with van der Waals surface area (Å²) >= 11 is 0. The molecule has 3 N–H and O–H groups in total. The summed E-state index contributed by atoms with van der Waals surface area (Å²) in [4.78, 5) is 44.8. The molecule has 2 amide bonds. The van der Waals surface area contributed by atoms with Gasteiger partial charge in [0.2, 0.25) is 5.91 Å². The van der Waals surface area contributed by atoms with E-state index in [1.54, 1.807) is 6.92 Å². The number of ketones is 1. The molecule has 0 aromatic rings. The molecule has 0 aromatic carbocycles. The lowest BCUT2D eigenvalue weighted by atomic mass is 9.70. The van der Waals surface area contributed by atoms with Gasteiger partial charge in [0.05, 0.1) is 29.9 Å². The largest absolute Gasteiger partial charge is 0.369 e. The van der Waals surface area contributed by atoms with E-state index in [1.165, 1.54) is 0 Å². The lowest BCUT2D eigenvalue weighted by Crippen LogP contribution is -2.71. The number of hydrogen-bond donors (Lipinski definition) is 2. The molecule has 6 unspecified atom stereocenters. The number of amides is 2. The molecular weight excluding hydrogens is 422 g/mol. The van der Waals surface area contributed by atoms with Crippen LogP contribution in [0, 0.1) is 5.92 Å². The lowest BCUT2D eigenvalue weighted by molar-refractivity contribution is -0.202. The molecule has 0 bridgehead atoms. The van der Waals surface area contributed by atoms with Crippen LogP contribution in [0.4, 0.5) is 0 Å².